The minimum Gasteiger partial charge on any atom is -0.356 e. The standard InChI is InChI=1S/C15H27N3O2.ClH/c19-14(7-6-13-5-4-9-16-13)17-10-8-15(20)18-11-2-1-3-12-18;/h13,16H,1-12H2,(H,17,19);1H. The number of carbonyl (C=O) groups excluding carboxylic acids is 2. The Morgan fingerprint density at radius 3 is 2.52 bits per heavy atom. The van der Waals surface area contributed by atoms with Gasteiger partial charge in [0, 0.05) is 38.5 Å². The van der Waals surface area contributed by atoms with E-state index in [2.05, 4.69) is 10.6 Å². The molecule has 0 aromatic carbocycles. The molecule has 2 fully saturated rings. The van der Waals surface area contributed by atoms with E-state index in [1.54, 1.807) is 0 Å². The van der Waals surface area contributed by atoms with Crippen molar-refractivity contribution in [2.45, 2.75) is 57.4 Å². The van der Waals surface area contributed by atoms with Gasteiger partial charge in [-0.3, -0.25) is 9.59 Å². The fourth-order valence-electron chi connectivity index (χ4n) is 3.01. The van der Waals surface area contributed by atoms with E-state index in [1.807, 2.05) is 4.90 Å². The molecule has 6 heteroatoms. The lowest BCUT2D eigenvalue weighted by atomic mass is 10.1. The number of nitrogens with one attached hydrogen (secondary N) is 2. The summed E-state index contributed by atoms with van der Waals surface area (Å²) >= 11 is 0. The van der Waals surface area contributed by atoms with Gasteiger partial charge in [0.25, 0.3) is 0 Å². The van der Waals surface area contributed by atoms with E-state index < -0.39 is 0 Å². The number of hydrogen-bond acceptors (Lipinski definition) is 3. The molecule has 0 bridgehead atoms. The van der Waals surface area contributed by atoms with Gasteiger partial charge >= 0.3 is 0 Å². The van der Waals surface area contributed by atoms with Crippen molar-refractivity contribution in [3.05, 3.63) is 0 Å². The summed E-state index contributed by atoms with van der Waals surface area (Å²) in [5, 5.41) is 6.25. The van der Waals surface area contributed by atoms with Crippen LogP contribution in [0.3, 0.4) is 0 Å². The average molecular weight is 318 g/mol. The molecule has 2 N–H and O–H groups in total. The van der Waals surface area contributed by atoms with Crippen molar-refractivity contribution < 1.29 is 9.59 Å². The SMILES string of the molecule is Cl.O=C(CCC1CCCN1)NCCC(=O)N1CCCCC1. The lowest BCUT2D eigenvalue weighted by molar-refractivity contribution is -0.132. The van der Waals surface area contributed by atoms with E-state index in [0.717, 1.165) is 38.9 Å². The summed E-state index contributed by atoms with van der Waals surface area (Å²) in [7, 11) is 0. The van der Waals surface area contributed by atoms with Gasteiger partial charge in [-0.05, 0) is 45.1 Å². The van der Waals surface area contributed by atoms with Crippen LogP contribution in [-0.4, -0.2) is 48.9 Å². The molecule has 2 aliphatic rings. The third-order valence-corrected chi connectivity index (χ3v) is 4.25. The first kappa shape index (κ1) is 18.2. The third kappa shape index (κ3) is 6.66. The van der Waals surface area contributed by atoms with E-state index in [1.165, 1.54) is 19.3 Å². The summed E-state index contributed by atoms with van der Waals surface area (Å²) < 4.78 is 0. The number of halogens is 1. The Morgan fingerprint density at radius 2 is 1.86 bits per heavy atom. The van der Waals surface area contributed by atoms with Crippen molar-refractivity contribution >= 4 is 24.2 Å². The smallest absolute Gasteiger partial charge is 0.224 e. The summed E-state index contributed by atoms with van der Waals surface area (Å²) in [6, 6.07) is 0.510. The maximum Gasteiger partial charge on any atom is 0.224 e. The predicted molar refractivity (Wildman–Crippen MR) is 85.6 cm³/mol. The van der Waals surface area contributed by atoms with E-state index in [4.69, 9.17) is 0 Å². The van der Waals surface area contributed by atoms with Crippen LogP contribution in [0.15, 0.2) is 0 Å². The Morgan fingerprint density at radius 1 is 1.10 bits per heavy atom. The van der Waals surface area contributed by atoms with Gasteiger partial charge in [-0.1, -0.05) is 0 Å². The molecule has 1 atom stereocenters. The number of carbonyl (C=O) groups is 2. The van der Waals surface area contributed by atoms with E-state index in [-0.39, 0.29) is 24.2 Å². The van der Waals surface area contributed by atoms with Crippen LogP contribution >= 0.6 is 12.4 Å². The zero-order chi connectivity index (χ0) is 14.2. The fourth-order valence-corrected chi connectivity index (χ4v) is 3.01. The highest BCUT2D eigenvalue weighted by Crippen LogP contribution is 2.11. The van der Waals surface area contributed by atoms with Gasteiger partial charge < -0.3 is 15.5 Å². The average Bonchev–Trinajstić information content (AvgIpc) is 2.99. The monoisotopic (exact) mass is 317 g/mol. The van der Waals surface area contributed by atoms with Crippen LogP contribution in [0.2, 0.25) is 0 Å². The van der Waals surface area contributed by atoms with Gasteiger partial charge in [0.2, 0.25) is 11.8 Å². The molecular formula is C15H28ClN3O2. The molecule has 2 aliphatic heterocycles. The largest absolute Gasteiger partial charge is 0.356 e. The van der Waals surface area contributed by atoms with Crippen LogP contribution in [0, 0.1) is 0 Å². The van der Waals surface area contributed by atoms with Gasteiger partial charge in [-0.25, -0.2) is 0 Å². The summed E-state index contributed by atoms with van der Waals surface area (Å²) in [5.41, 5.74) is 0. The Bertz CT molecular complexity index is 327. The molecule has 0 aromatic heterocycles. The first-order valence-electron chi connectivity index (χ1n) is 8.03. The summed E-state index contributed by atoms with van der Waals surface area (Å²) in [6.45, 7) is 3.34. The molecule has 0 radical (unpaired) electrons. The van der Waals surface area contributed by atoms with Crippen LogP contribution in [-0.2, 0) is 9.59 Å². The predicted octanol–water partition coefficient (Wildman–Crippen LogP) is 1.46. The highest BCUT2D eigenvalue weighted by Gasteiger charge is 2.17. The molecular weight excluding hydrogens is 290 g/mol. The zero-order valence-corrected chi connectivity index (χ0v) is 13.6. The second-order valence-corrected chi connectivity index (χ2v) is 5.87. The molecule has 2 saturated heterocycles. The van der Waals surface area contributed by atoms with Crippen molar-refractivity contribution in [2.75, 3.05) is 26.2 Å². The van der Waals surface area contributed by atoms with Crippen molar-refractivity contribution in [3.63, 3.8) is 0 Å². The van der Waals surface area contributed by atoms with Gasteiger partial charge in [-0.2, -0.15) is 0 Å². The maximum absolute atomic E-state index is 11.9. The third-order valence-electron chi connectivity index (χ3n) is 4.25. The quantitative estimate of drug-likeness (QED) is 0.779. The van der Waals surface area contributed by atoms with Crippen LogP contribution in [0.25, 0.3) is 0 Å². The van der Waals surface area contributed by atoms with Gasteiger partial charge in [0.05, 0.1) is 0 Å². The van der Waals surface area contributed by atoms with E-state index in [9.17, 15) is 9.59 Å². The van der Waals surface area contributed by atoms with Gasteiger partial charge in [0.1, 0.15) is 0 Å². The van der Waals surface area contributed by atoms with Crippen molar-refractivity contribution in [3.8, 4) is 0 Å². The molecule has 5 nitrogen and oxygen atoms in total. The van der Waals surface area contributed by atoms with Crippen molar-refractivity contribution in [2.24, 2.45) is 0 Å². The van der Waals surface area contributed by atoms with Crippen molar-refractivity contribution in [1.29, 1.82) is 0 Å². The second-order valence-electron chi connectivity index (χ2n) is 5.87. The highest BCUT2D eigenvalue weighted by molar-refractivity contribution is 5.85. The first-order chi connectivity index (χ1) is 9.75. The second kappa shape index (κ2) is 10.0. The van der Waals surface area contributed by atoms with Crippen LogP contribution in [0.1, 0.15) is 51.4 Å². The molecule has 2 heterocycles. The molecule has 21 heavy (non-hydrogen) atoms. The Labute approximate surface area is 133 Å². The molecule has 1 unspecified atom stereocenters. The number of nitrogens with zero attached hydrogens (tertiary/aromatic N) is 1. The minimum atomic E-state index is 0. The number of piperidine rings is 1. The van der Waals surface area contributed by atoms with Gasteiger partial charge in [0.15, 0.2) is 0 Å². The van der Waals surface area contributed by atoms with Crippen molar-refractivity contribution in [1.82, 2.24) is 15.5 Å². The molecule has 0 spiro atoms. The van der Waals surface area contributed by atoms with Crippen LogP contribution < -0.4 is 10.6 Å². The maximum atomic E-state index is 11.9. The highest BCUT2D eigenvalue weighted by atomic mass is 35.5. The summed E-state index contributed by atoms with van der Waals surface area (Å²) in [5.74, 6) is 0.257. The minimum absolute atomic E-state index is 0. The number of hydrogen-bond donors (Lipinski definition) is 2. The summed E-state index contributed by atoms with van der Waals surface area (Å²) in [6.07, 6.45) is 7.78. The van der Waals surface area contributed by atoms with Crippen LogP contribution in [0.5, 0.6) is 0 Å². The number of rotatable bonds is 6. The summed E-state index contributed by atoms with van der Waals surface area (Å²) in [4.78, 5) is 25.5. The number of likely N-dealkylation sites (tertiary alicyclic amines) is 1. The molecule has 2 rings (SSSR count). The lowest BCUT2D eigenvalue weighted by Gasteiger charge is -2.26. The van der Waals surface area contributed by atoms with Gasteiger partial charge in [-0.15, -0.1) is 12.4 Å². The normalized spacial score (nSPS) is 21.7. The lowest BCUT2D eigenvalue weighted by Crippen LogP contribution is -2.38. The molecule has 0 aromatic rings. The fraction of sp³-hybridized carbons (Fsp3) is 0.867. The molecule has 0 saturated carbocycles. The van der Waals surface area contributed by atoms with E-state index >= 15 is 0 Å². The topological polar surface area (TPSA) is 61.4 Å². The Kier molecular flexibility index (Phi) is 8.69. The molecule has 2 amide bonds. The molecule has 122 valence electrons. The zero-order valence-electron chi connectivity index (χ0n) is 12.7. The van der Waals surface area contributed by atoms with Crippen LogP contribution in [0.4, 0.5) is 0 Å². The Hall–Kier alpha value is -0.810. The Balaban J connectivity index is 0.00000220. The van der Waals surface area contributed by atoms with E-state index in [0.29, 0.717) is 25.4 Å². The molecule has 0 aliphatic carbocycles. The number of amides is 2. The first-order valence-corrected chi connectivity index (χ1v) is 8.03.